The molecular formula is C27H31F3N2O2. The molecule has 0 amide bonds. The monoisotopic (exact) mass is 472 g/mol. The van der Waals surface area contributed by atoms with Crippen LogP contribution in [0.3, 0.4) is 0 Å². The summed E-state index contributed by atoms with van der Waals surface area (Å²) in [5, 5.41) is 0. The Bertz CT molecular complexity index is 1030. The van der Waals surface area contributed by atoms with E-state index in [1.165, 1.54) is 57.8 Å². The lowest BCUT2D eigenvalue weighted by molar-refractivity contribution is 0.0628. The van der Waals surface area contributed by atoms with E-state index in [1.807, 2.05) is 12.4 Å². The summed E-state index contributed by atoms with van der Waals surface area (Å²) in [4.78, 5) is 8.87. The van der Waals surface area contributed by atoms with Crippen LogP contribution in [0.2, 0.25) is 0 Å². The number of alkyl halides is 1. The summed E-state index contributed by atoms with van der Waals surface area (Å²) in [5.41, 5.74) is 1.31. The molecule has 7 heteroatoms. The molecule has 0 aliphatic rings. The molecule has 3 aromatic rings. The van der Waals surface area contributed by atoms with Crippen LogP contribution in [0.5, 0.6) is 11.5 Å². The Morgan fingerprint density at radius 2 is 1.47 bits per heavy atom. The molecule has 0 saturated carbocycles. The maximum atomic E-state index is 14.5. The van der Waals surface area contributed by atoms with Gasteiger partial charge in [0.2, 0.25) is 5.82 Å². The number of methoxy groups -OCH3 is 1. The van der Waals surface area contributed by atoms with Gasteiger partial charge in [-0.1, -0.05) is 45.4 Å². The number of aryl methyl sites for hydroxylation is 1. The van der Waals surface area contributed by atoms with Crippen molar-refractivity contribution < 1.29 is 22.6 Å². The Balaban J connectivity index is 1.53. The van der Waals surface area contributed by atoms with Crippen molar-refractivity contribution in [3.05, 3.63) is 71.6 Å². The van der Waals surface area contributed by atoms with Crippen molar-refractivity contribution in [1.29, 1.82) is 0 Å². The van der Waals surface area contributed by atoms with E-state index in [4.69, 9.17) is 9.47 Å². The van der Waals surface area contributed by atoms with Crippen molar-refractivity contribution in [3.63, 3.8) is 0 Å². The molecule has 0 spiro atoms. The number of rotatable bonds is 13. The van der Waals surface area contributed by atoms with E-state index in [0.29, 0.717) is 5.82 Å². The normalized spacial score (nSPS) is 11.9. The van der Waals surface area contributed by atoms with Crippen LogP contribution in [0.4, 0.5) is 13.2 Å². The molecular weight excluding hydrogens is 441 g/mol. The minimum Gasteiger partial charge on any atom is -0.494 e. The highest BCUT2D eigenvalue weighted by atomic mass is 19.2. The van der Waals surface area contributed by atoms with Crippen molar-refractivity contribution in [1.82, 2.24) is 9.97 Å². The number of hydrogen-bond acceptors (Lipinski definition) is 4. The van der Waals surface area contributed by atoms with Gasteiger partial charge in [-0.15, -0.1) is 0 Å². The average molecular weight is 473 g/mol. The quantitative estimate of drug-likeness (QED) is 0.238. The lowest BCUT2D eigenvalue weighted by Crippen LogP contribution is -2.06. The van der Waals surface area contributed by atoms with Crippen molar-refractivity contribution in [3.8, 4) is 22.9 Å². The number of hydrogen-bond donors (Lipinski definition) is 0. The molecule has 0 aliphatic carbocycles. The van der Waals surface area contributed by atoms with Crippen LogP contribution in [0.1, 0.15) is 69.4 Å². The van der Waals surface area contributed by atoms with Crippen molar-refractivity contribution >= 4 is 0 Å². The molecule has 1 unspecified atom stereocenters. The van der Waals surface area contributed by atoms with Gasteiger partial charge in [0.25, 0.3) is 6.36 Å². The summed E-state index contributed by atoms with van der Waals surface area (Å²) in [7, 11) is 1.20. The summed E-state index contributed by atoms with van der Waals surface area (Å²) in [6.07, 6.45) is 11.3. The van der Waals surface area contributed by atoms with Crippen LogP contribution in [0.25, 0.3) is 11.4 Å². The molecule has 182 valence electrons. The summed E-state index contributed by atoms with van der Waals surface area (Å²) in [5.74, 6) is -2.17. The minimum atomic E-state index is -2.17. The highest BCUT2D eigenvalue weighted by Gasteiger charge is 2.22. The second-order valence-electron chi connectivity index (χ2n) is 8.23. The van der Waals surface area contributed by atoms with E-state index < -0.39 is 23.6 Å². The molecule has 2 aromatic carbocycles. The van der Waals surface area contributed by atoms with Gasteiger partial charge < -0.3 is 9.47 Å². The first-order valence-corrected chi connectivity index (χ1v) is 11.8. The van der Waals surface area contributed by atoms with E-state index in [2.05, 4.69) is 16.9 Å². The van der Waals surface area contributed by atoms with Crippen molar-refractivity contribution in [2.24, 2.45) is 0 Å². The third-order valence-electron chi connectivity index (χ3n) is 5.67. The summed E-state index contributed by atoms with van der Waals surface area (Å²) in [6, 6.07) is 8.71. The van der Waals surface area contributed by atoms with E-state index in [-0.39, 0.29) is 11.5 Å². The second-order valence-corrected chi connectivity index (χ2v) is 8.23. The molecule has 1 aromatic heterocycles. The average Bonchev–Trinajstić information content (AvgIpc) is 2.86. The van der Waals surface area contributed by atoms with Gasteiger partial charge in [0, 0.05) is 18.0 Å². The lowest BCUT2D eigenvalue weighted by atomic mass is 10.1. The molecule has 0 bridgehead atoms. The summed E-state index contributed by atoms with van der Waals surface area (Å²) >= 11 is 0. The molecule has 0 aliphatic heterocycles. The number of benzene rings is 2. The summed E-state index contributed by atoms with van der Waals surface area (Å²) < 4.78 is 52.2. The second kappa shape index (κ2) is 13.0. The molecule has 0 saturated heterocycles. The highest BCUT2D eigenvalue weighted by Crippen LogP contribution is 2.30. The first kappa shape index (κ1) is 25.5. The standard InChI is InChI=1S/C27H31F3N2O2/c1-3-4-5-6-7-8-9-10-19-17-31-27(32-18-19)20-11-13-21(14-12-20)34-26(30)22-15-16-23(33-2)25(29)24(22)28/h11-18,26H,3-10H2,1-2H3. The zero-order valence-electron chi connectivity index (χ0n) is 19.7. The molecule has 34 heavy (non-hydrogen) atoms. The van der Waals surface area contributed by atoms with Gasteiger partial charge in [0.15, 0.2) is 17.4 Å². The Labute approximate surface area is 199 Å². The Morgan fingerprint density at radius 3 is 2.12 bits per heavy atom. The van der Waals surface area contributed by atoms with Gasteiger partial charge >= 0.3 is 0 Å². The molecule has 1 heterocycles. The molecule has 0 radical (unpaired) electrons. The van der Waals surface area contributed by atoms with E-state index >= 15 is 0 Å². The Hall–Kier alpha value is -3.09. The largest absolute Gasteiger partial charge is 0.494 e. The van der Waals surface area contributed by atoms with Crippen LogP contribution in [0, 0.1) is 11.6 Å². The smallest absolute Gasteiger partial charge is 0.267 e. The number of ether oxygens (including phenoxy) is 2. The van der Waals surface area contributed by atoms with Crippen LogP contribution in [0.15, 0.2) is 48.8 Å². The maximum absolute atomic E-state index is 14.5. The maximum Gasteiger partial charge on any atom is 0.267 e. The van der Waals surface area contributed by atoms with Gasteiger partial charge in [-0.2, -0.15) is 8.78 Å². The third kappa shape index (κ3) is 6.95. The number of aromatic nitrogens is 2. The minimum absolute atomic E-state index is 0.169. The molecule has 3 rings (SSSR count). The van der Waals surface area contributed by atoms with Crippen LogP contribution >= 0.6 is 0 Å². The fourth-order valence-electron chi connectivity index (χ4n) is 3.66. The molecule has 0 fully saturated rings. The molecule has 0 N–H and O–H groups in total. The fourth-order valence-corrected chi connectivity index (χ4v) is 3.66. The van der Waals surface area contributed by atoms with Crippen LogP contribution in [-0.4, -0.2) is 17.1 Å². The Kier molecular flexibility index (Phi) is 9.74. The Morgan fingerprint density at radius 1 is 0.824 bits per heavy atom. The zero-order chi connectivity index (χ0) is 24.3. The predicted molar refractivity (Wildman–Crippen MR) is 127 cm³/mol. The van der Waals surface area contributed by atoms with Gasteiger partial charge in [-0.05, 0) is 54.8 Å². The van der Waals surface area contributed by atoms with Gasteiger partial charge in [-0.3, -0.25) is 0 Å². The predicted octanol–water partition coefficient (Wildman–Crippen LogP) is 7.77. The lowest BCUT2D eigenvalue weighted by Gasteiger charge is -2.14. The van der Waals surface area contributed by atoms with Crippen LogP contribution < -0.4 is 9.47 Å². The third-order valence-corrected chi connectivity index (χ3v) is 5.67. The first-order valence-electron chi connectivity index (χ1n) is 11.8. The SMILES string of the molecule is CCCCCCCCCc1cnc(-c2ccc(OC(F)c3ccc(OC)c(F)c3F)cc2)nc1. The molecule has 4 nitrogen and oxygen atoms in total. The van der Waals surface area contributed by atoms with E-state index in [0.717, 1.165) is 36.1 Å². The van der Waals surface area contributed by atoms with E-state index in [1.54, 1.807) is 12.1 Å². The topological polar surface area (TPSA) is 44.2 Å². The van der Waals surface area contributed by atoms with E-state index in [9.17, 15) is 13.2 Å². The summed E-state index contributed by atoms with van der Waals surface area (Å²) in [6.45, 7) is 2.22. The number of unbranched alkanes of at least 4 members (excludes halogenated alkanes) is 6. The number of nitrogens with zero attached hydrogens (tertiary/aromatic N) is 2. The van der Waals surface area contributed by atoms with Gasteiger partial charge in [0.1, 0.15) is 5.75 Å². The number of halogens is 3. The first-order chi connectivity index (χ1) is 16.5. The van der Waals surface area contributed by atoms with Crippen LogP contribution in [-0.2, 0) is 6.42 Å². The molecule has 1 atom stereocenters. The fraction of sp³-hybridized carbons (Fsp3) is 0.407. The van der Waals surface area contributed by atoms with Gasteiger partial charge in [0.05, 0.1) is 12.7 Å². The van der Waals surface area contributed by atoms with Gasteiger partial charge in [-0.25, -0.2) is 14.4 Å². The van der Waals surface area contributed by atoms with Crippen molar-refractivity contribution in [2.45, 2.75) is 64.6 Å². The van der Waals surface area contributed by atoms with Crippen molar-refractivity contribution in [2.75, 3.05) is 7.11 Å². The highest BCUT2D eigenvalue weighted by molar-refractivity contribution is 5.56. The zero-order valence-corrected chi connectivity index (χ0v) is 19.7.